The third-order valence-corrected chi connectivity index (χ3v) is 4.73. The lowest BCUT2D eigenvalue weighted by molar-refractivity contribution is -0.127. The quantitative estimate of drug-likeness (QED) is 0.764. The molecule has 2 heterocycles. The monoisotopic (exact) mass is 238 g/mol. The van der Waals surface area contributed by atoms with Crippen LogP contribution in [0.2, 0.25) is 0 Å². The topological polar surface area (TPSA) is 64.4 Å². The average molecular weight is 238 g/mol. The molecule has 0 aromatic rings. The molecule has 3 unspecified atom stereocenters. The van der Waals surface area contributed by atoms with Crippen molar-refractivity contribution in [3.63, 3.8) is 0 Å². The molecule has 0 aromatic carbocycles. The van der Waals surface area contributed by atoms with Gasteiger partial charge in [-0.1, -0.05) is 6.42 Å². The smallest absolute Gasteiger partial charge is 0.223 e. The fourth-order valence-electron chi connectivity index (χ4n) is 3.74. The predicted octanol–water partition coefficient (Wildman–Crippen LogP) is 0.798. The maximum Gasteiger partial charge on any atom is 0.223 e. The van der Waals surface area contributed by atoms with Gasteiger partial charge in [-0.25, -0.2) is 0 Å². The molecular weight excluding hydrogens is 216 g/mol. The molecule has 3 fully saturated rings. The van der Waals surface area contributed by atoms with Gasteiger partial charge in [0.25, 0.3) is 0 Å². The molecule has 2 bridgehead atoms. The van der Waals surface area contributed by atoms with Gasteiger partial charge in [-0.3, -0.25) is 4.79 Å². The van der Waals surface area contributed by atoms with Crippen molar-refractivity contribution in [1.29, 1.82) is 0 Å². The number of carbonyl (C=O) groups is 1. The Kier molecular flexibility index (Phi) is 3.09. The molecule has 3 rings (SSSR count). The zero-order chi connectivity index (χ0) is 11.8. The van der Waals surface area contributed by atoms with Crippen LogP contribution in [0.3, 0.4) is 0 Å². The summed E-state index contributed by atoms with van der Waals surface area (Å²) in [6.07, 6.45) is 7.24. The maximum absolute atomic E-state index is 12.2. The lowest BCUT2D eigenvalue weighted by Gasteiger charge is -2.24. The van der Waals surface area contributed by atoms with Gasteiger partial charge in [0.1, 0.15) is 0 Å². The Morgan fingerprint density at radius 3 is 2.82 bits per heavy atom. The van der Waals surface area contributed by atoms with E-state index < -0.39 is 0 Å². The third kappa shape index (κ3) is 2.08. The largest absolute Gasteiger partial charge is 0.373 e. The molecule has 0 aromatic heterocycles. The highest BCUT2D eigenvalue weighted by molar-refractivity contribution is 5.79. The summed E-state index contributed by atoms with van der Waals surface area (Å²) in [6.45, 7) is 0.644. The zero-order valence-electron chi connectivity index (χ0n) is 10.2. The molecule has 2 aliphatic heterocycles. The Labute approximate surface area is 102 Å². The first-order valence-corrected chi connectivity index (χ1v) is 6.94. The van der Waals surface area contributed by atoms with Crippen molar-refractivity contribution in [2.24, 2.45) is 17.6 Å². The van der Waals surface area contributed by atoms with Crippen molar-refractivity contribution in [3.05, 3.63) is 0 Å². The average Bonchev–Trinajstić information content (AvgIpc) is 3.04. The maximum atomic E-state index is 12.2. The van der Waals surface area contributed by atoms with E-state index in [1.807, 2.05) is 0 Å². The second-order valence-corrected chi connectivity index (χ2v) is 5.76. The highest BCUT2D eigenvalue weighted by atomic mass is 16.5. The van der Waals surface area contributed by atoms with Crippen LogP contribution in [0.15, 0.2) is 0 Å². The van der Waals surface area contributed by atoms with Gasteiger partial charge in [-0.05, 0) is 44.6 Å². The number of hydrogen-bond acceptors (Lipinski definition) is 3. The van der Waals surface area contributed by atoms with Crippen molar-refractivity contribution >= 4 is 5.91 Å². The molecule has 4 nitrogen and oxygen atoms in total. The molecule has 0 spiro atoms. The van der Waals surface area contributed by atoms with Gasteiger partial charge in [0.15, 0.2) is 0 Å². The van der Waals surface area contributed by atoms with Gasteiger partial charge in [0.05, 0.1) is 18.2 Å². The zero-order valence-corrected chi connectivity index (χ0v) is 10.2. The summed E-state index contributed by atoms with van der Waals surface area (Å²) in [4.78, 5) is 12.2. The van der Waals surface area contributed by atoms with E-state index in [9.17, 15) is 4.79 Å². The minimum Gasteiger partial charge on any atom is -0.373 e. The number of hydrogen-bond donors (Lipinski definition) is 2. The summed E-state index contributed by atoms with van der Waals surface area (Å²) in [5, 5.41) is 3.20. The summed E-state index contributed by atoms with van der Waals surface area (Å²) in [7, 11) is 0. The summed E-state index contributed by atoms with van der Waals surface area (Å²) in [6, 6.07) is 0.264. The number of fused-ring (bicyclic) bond motifs is 2. The normalized spacial score (nSPS) is 44.2. The molecular formula is C13H22N2O2. The van der Waals surface area contributed by atoms with Gasteiger partial charge in [-0.2, -0.15) is 0 Å². The van der Waals surface area contributed by atoms with Crippen molar-refractivity contribution in [2.75, 3.05) is 6.54 Å². The molecule has 17 heavy (non-hydrogen) atoms. The summed E-state index contributed by atoms with van der Waals surface area (Å²) >= 11 is 0. The first-order valence-electron chi connectivity index (χ1n) is 6.94. The fourth-order valence-corrected chi connectivity index (χ4v) is 3.74. The van der Waals surface area contributed by atoms with Gasteiger partial charge in [0.2, 0.25) is 5.91 Å². The van der Waals surface area contributed by atoms with E-state index in [2.05, 4.69) is 5.32 Å². The predicted molar refractivity (Wildman–Crippen MR) is 64.3 cm³/mol. The number of amides is 1. The van der Waals surface area contributed by atoms with Crippen molar-refractivity contribution < 1.29 is 9.53 Å². The third-order valence-electron chi connectivity index (χ3n) is 4.73. The van der Waals surface area contributed by atoms with Crippen LogP contribution in [0.5, 0.6) is 0 Å². The Balaban J connectivity index is 1.56. The number of carbonyl (C=O) groups excluding carboxylic acids is 1. The second-order valence-electron chi connectivity index (χ2n) is 5.76. The molecule has 4 heteroatoms. The number of rotatable bonds is 3. The summed E-state index contributed by atoms with van der Waals surface area (Å²) in [5.41, 5.74) is 5.73. The Morgan fingerprint density at radius 2 is 2.18 bits per heavy atom. The van der Waals surface area contributed by atoms with Crippen molar-refractivity contribution in [1.82, 2.24) is 5.32 Å². The molecule has 2 saturated heterocycles. The standard InChI is InChI=1S/C13H22N2O2/c14-7-8-2-1-3-10(8)13(16)15-11-6-9-4-5-12(11)17-9/h8-12H,1-7,14H2,(H,15,16)/t8-,9?,10-,11?,12?/m1/s1. The highest BCUT2D eigenvalue weighted by Crippen LogP contribution is 2.36. The molecule has 0 radical (unpaired) electrons. The van der Waals surface area contributed by atoms with Crippen LogP contribution in [0.1, 0.15) is 38.5 Å². The van der Waals surface area contributed by atoms with E-state index in [0.717, 1.165) is 32.1 Å². The second kappa shape index (κ2) is 4.58. The number of nitrogens with one attached hydrogen (secondary N) is 1. The minimum atomic E-state index is 0.152. The lowest BCUT2D eigenvalue weighted by atomic mass is 9.92. The van der Waals surface area contributed by atoms with Crippen LogP contribution in [-0.4, -0.2) is 30.7 Å². The van der Waals surface area contributed by atoms with Gasteiger partial charge >= 0.3 is 0 Å². The molecule has 3 aliphatic rings. The molecule has 96 valence electrons. The Hall–Kier alpha value is -0.610. The first-order chi connectivity index (χ1) is 8.28. The van der Waals surface area contributed by atoms with Crippen LogP contribution >= 0.6 is 0 Å². The van der Waals surface area contributed by atoms with E-state index in [-0.39, 0.29) is 24.0 Å². The minimum absolute atomic E-state index is 0.152. The number of ether oxygens (including phenoxy) is 1. The van der Waals surface area contributed by atoms with Crippen LogP contribution < -0.4 is 11.1 Å². The van der Waals surface area contributed by atoms with E-state index >= 15 is 0 Å². The fraction of sp³-hybridized carbons (Fsp3) is 0.923. The van der Waals surface area contributed by atoms with Gasteiger partial charge < -0.3 is 15.8 Å². The lowest BCUT2D eigenvalue weighted by Crippen LogP contribution is -2.45. The molecule has 3 N–H and O–H groups in total. The van der Waals surface area contributed by atoms with Crippen molar-refractivity contribution in [3.8, 4) is 0 Å². The van der Waals surface area contributed by atoms with E-state index in [1.165, 1.54) is 6.42 Å². The molecule has 1 saturated carbocycles. The van der Waals surface area contributed by atoms with Crippen molar-refractivity contribution in [2.45, 2.75) is 56.8 Å². The van der Waals surface area contributed by atoms with E-state index in [1.54, 1.807) is 0 Å². The molecule has 1 amide bonds. The Morgan fingerprint density at radius 1 is 1.29 bits per heavy atom. The van der Waals surface area contributed by atoms with Crippen LogP contribution in [0.25, 0.3) is 0 Å². The SMILES string of the molecule is NC[C@H]1CCC[C@H]1C(=O)NC1CC2CCC1O2. The number of nitrogens with two attached hydrogens (primary N) is 1. The van der Waals surface area contributed by atoms with Gasteiger partial charge in [-0.15, -0.1) is 0 Å². The summed E-state index contributed by atoms with van der Waals surface area (Å²) < 4.78 is 5.76. The highest BCUT2D eigenvalue weighted by Gasteiger charge is 2.42. The molecule has 1 aliphatic carbocycles. The van der Waals surface area contributed by atoms with Crippen LogP contribution in [-0.2, 0) is 9.53 Å². The van der Waals surface area contributed by atoms with E-state index in [0.29, 0.717) is 18.6 Å². The van der Waals surface area contributed by atoms with Crippen LogP contribution in [0, 0.1) is 11.8 Å². The first kappa shape index (κ1) is 11.5. The Bertz CT molecular complexity index is 308. The van der Waals surface area contributed by atoms with E-state index in [4.69, 9.17) is 10.5 Å². The molecule has 5 atom stereocenters. The summed E-state index contributed by atoms with van der Waals surface area (Å²) in [5.74, 6) is 0.771. The van der Waals surface area contributed by atoms with Gasteiger partial charge in [0, 0.05) is 5.92 Å². The van der Waals surface area contributed by atoms with Crippen LogP contribution in [0.4, 0.5) is 0 Å².